The van der Waals surface area contributed by atoms with Crippen LogP contribution >= 0.6 is 46.4 Å². The molecular formula is C103H98Cl4N18O10S2. The maximum absolute atomic E-state index is 13.1. The van der Waals surface area contributed by atoms with Crippen LogP contribution in [0.3, 0.4) is 0 Å². The van der Waals surface area contributed by atoms with E-state index in [0.29, 0.717) is 130 Å². The van der Waals surface area contributed by atoms with Crippen molar-refractivity contribution in [1.29, 1.82) is 0 Å². The summed E-state index contributed by atoms with van der Waals surface area (Å²) in [5, 5.41) is 22.6. The van der Waals surface area contributed by atoms with E-state index in [2.05, 4.69) is 77.1 Å². The Balaban J connectivity index is 0.000000155. The number of imidazole rings is 1. The molecule has 16 rings (SSSR count). The number of aromatic amines is 1. The number of benzene rings is 9. The zero-order valence-electron chi connectivity index (χ0n) is 74.6. The molecule has 34 heteroatoms. The van der Waals surface area contributed by atoms with Crippen LogP contribution in [0.1, 0.15) is 118 Å². The van der Waals surface area contributed by atoms with Crippen molar-refractivity contribution in [2.24, 2.45) is 21.5 Å². The predicted octanol–water partition coefficient (Wildman–Crippen LogP) is 18.9. The van der Waals surface area contributed by atoms with Gasteiger partial charge in [0, 0.05) is 164 Å². The van der Waals surface area contributed by atoms with Gasteiger partial charge in [-0.3, -0.25) is 63.6 Å². The predicted molar refractivity (Wildman–Crippen MR) is 546 cm³/mol. The minimum atomic E-state index is -3.39. The van der Waals surface area contributed by atoms with Gasteiger partial charge < -0.3 is 53.7 Å². The molecule has 2 aliphatic rings. The number of H-pyrrole nitrogens is 1. The summed E-state index contributed by atoms with van der Waals surface area (Å²) in [6.45, 7) is 4.33. The minimum absolute atomic E-state index is 0.214. The van der Waals surface area contributed by atoms with Crippen molar-refractivity contribution in [2.45, 2.75) is 62.5 Å². The number of amidine groups is 2. The van der Waals surface area contributed by atoms with E-state index in [1.165, 1.54) is 37.1 Å². The van der Waals surface area contributed by atoms with Gasteiger partial charge >= 0.3 is 0 Å². The fourth-order valence-electron chi connectivity index (χ4n) is 14.7. The number of rotatable bonds is 30. The first kappa shape index (κ1) is 100.0. The van der Waals surface area contributed by atoms with Crippen LogP contribution in [0.15, 0.2) is 308 Å². The molecule has 7 heterocycles. The number of halogens is 4. The first-order chi connectivity index (χ1) is 66.1. The molecule has 0 radical (unpaired) electrons. The van der Waals surface area contributed by atoms with E-state index >= 15 is 0 Å². The number of sulfone groups is 2. The molecule has 5 aromatic heterocycles. The van der Waals surface area contributed by atoms with Gasteiger partial charge in [-0.1, -0.05) is 125 Å². The summed E-state index contributed by atoms with van der Waals surface area (Å²) in [5.74, 6) is -1.56. The summed E-state index contributed by atoms with van der Waals surface area (Å²) in [6.07, 6.45) is 19.7. The van der Waals surface area contributed by atoms with Gasteiger partial charge in [0.05, 0.1) is 67.2 Å². The number of amides is 6. The van der Waals surface area contributed by atoms with E-state index in [1.807, 2.05) is 89.8 Å². The molecule has 1 unspecified atom stereocenters. The molecule has 137 heavy (non-hydrogen) atoms. The topological polar surface area (TPSA) is 415 Å². The van der Waals surface area contributed by atoms with Crippen LogP contribution in [0.5, 0.6) is 0 Å². The minimum Gasteiger partial charge on any atom is -0.384 e. The standard InChI is InChI=1S/C27H22ClN3O4S.C26H27ClN4O4S.C25H23ClN6O.C25H26ClN5O/c1-36(34,35)17-20-11-10-19(15-25(20)31-26(32)18-7-3-2-4-8-18)27(33)30-21-12-13-23(28)22(16-21)24-9-5-6-14-29-24;1-36(34,35)17-19-8-7-18(14-24(19)30-25(32)16-31-12-4-5-13-31)26(33)29-20-9-10-22(27)21(15-20)23-6-2-3-11-28-23;26-22-11-10-19(14-21(22)23-5-1-2-12-29-23)32-25(33)18-8-6-17(7-9-18)24(27)30-13-3-4-20-15-28-16-31-20;26-22-11-10-20(16-21(22)23-5-1-2-13-29-23)31-25(32)18-8-6-17(7-9-18)24(27)30-15-12-19-4-3-14-28-19/h2-16H,17H2,1H3,(H,30,33)(H,31,32);2-3,6-11,14-15H,4-5,12-13,16-17H2,1H3,(H,29,33)(H,30,32);1-2,5-12,14-16H,3-4,13H2,(H2,27,30)(H,28,31)(H,32,33);1-2,5-11,13,16,19,28H,3-4,12,14-15H2,(H2,27,30)(H,31,32). The van der Waals surface area contributed by atoms with Crippen LogP contribution in [0, 0.1) is 0 Å². The number of nitrogens with one attached hydrogen (secondary N) is 8. The fraction of sp³-hybridized carbons (Fsp3) is 0.175. The average Bonchev–Trinajstić information content (AvgIpc) is 1.03. The van der Waals surface area contributed by atoms with E-state index in [4.69, 9.17) is 57.9 Å². The molecule has 0 aliphatic carbocycles. The number of carbonyl (C=O) groups excluding carboxylic acids is 6. The number of aryl methyl sites for hydroxylation is 1. The molecule has 14 aromatic rings. The lowest BCUT2D eigenvalue weighted by Crippen LogP contribution is -2.31. The van der Waals surface area contributed by atoms with Gasteiger partial charge in [0.15, 0.2) is 19.7 Å². The second-order valence-electron chi connectivity index (χ2n) is 32.1. The number of carbonyl (C=O) groups is 6. The summed E-state index contributed by atoms with van der Waals surface area (Å²) < 4.78 is 47.7. The summed E-state index contributed by atoms with van der Waals surface area (Å²) >= 11 is 25.3. The van der Waals surface area contributed by atoms with Crippen molar-refractivity contribution in [3.8, 4) is 45.0 Å². The Morgan fingerprint density at radius 3 is 1.15 bits per heavy atom. The number of hydrogen-bond acceptors (Lipinski definition) is 19. The molecule has 2 aliphatic heterocycles. The van der Waals surface area contributed by atoms with Crippen LogP contribution in [0.4, 0.5) is 34.1 Å². The first-order valence-electron chi connectivity index (χ1n) is 43.7. The molecule has 700 valence electrons. The van der Waals surface area contributed by atoms with Crippen LogP contribution in [-0.4, -0.2) is 157 Å². The first-order valence-corrected chi connectivity index (χ1v) is 49.3. The number of nitrogens with zero attached hydrogens (tertiary/aromatic N) is 8. The van der Waals surface area contributed by atoms with Crippen molar-refractivity contribution < 1.29 is 45.6 Å². The van der Waals surface area contributed by atoms with Crippen LogP contribution in [-0.2, 0) is 42.4 Å². The SMILES string of the molecule is CS(=O)(=O)Cc1ccc(C(=O)Nc2ccc(Cl)c(-c3ccccn3)c2)cc1NC(=O)CN1CCCC1.CS(=O)(=O)Cc1ccc(C(=O)Nc2ccc(Cl)c(-c3ccccn3)c2)cc1NC(=O)c1ccccc1.NC(=NCCC1CCCN1)c1ccc(C(=O)Nc2ccc(Cl)c(-c3ccccn3)c2)cc1.NC(=NCCCc1cnc[nH]1)c1ccc(C(=O)Nc2ccc(Cl)c(-c3ccccn3)c2)cc1. The number of likely N-dealkylation sites (tertiary alicyclic amines) is 1. The van der Waals surface area contributed by atoms with Gasteiger partial charge in [-0.15, -0.1) is 0 Å². The monoisotopic (exact) mass is 1950 g/mol. The highest BCUT2D eigenvalue weighted by atomic mass is 35.5. The molecule has 1 atom stereocenters. The lowest BCUT2D eigenvalue weighted by atomic mass is 10.1. The number of aliphatic imine (C=N–C) groups is 2. The summed E-state index contributed by atoms with van der Waals surface area (Å²) in [6, 6.07) is 75.3. The molecule has 9 aromatic carbocycles. The maximum Gasteiger partial charge on any atom is 0.255 e. The Morgan fingerprint density at radius 2 is 0.781 bits per heavy atom. The third-order valence-corrected chi connectivity index (χ3v) is 24.6. The molecule has 2 saturated heterocycles. The van der Waals surface area contributed by atoms with E-state index in [0.717, 1.165) is 104 Å². The molecular weight excluding hydrogens is 1860 g/mol. The molecule has 0 saturated carbocycles. The smallest absolute Gasteiger partial charge is 0.255 e. The van der Waals surface area contributed by atoms with Gasteiger partial charge in [-0.25, -0.2) is 21.8 Å². The van der Waals surface area contributed by atoms with E-state index in [9.17, 15) is 45.6 Å². The number of nitrogens with two attached hydrogens (primary N) is 2. The van der Waals surface area contributed by atoms with Crippen LogP contribution in [0.2, 0.25) is 20.1 Å². The van der Waals surface area contributed by atoms with Gasteiger partial charge in [-0.2, -0.15) is 0 Å². The van der Waals surface area contributed by atoms with Crippen molar-refractivity contribution in [2.75, 3.05) is 83.7 Å². The molecule has 2 fully saturated rings. The van der Waals surface area contributed by atoms with Crippen LogP contribution < -0.4 is 48.7 Å². The molecule has 6 amide bonds. The number of aromatic nitrogens is 6. The third-order valence-electron chi connectivity index (χ3n) is 21.6. The summed E-state index contributed by atoms with van der Waals surface area (Å²) in [7, 11) is -6.74. The van der Waals surface area contributed by atoms with E-state index in [1.54, 1.807) is 189 Å². The number of hydrogen-bond donors (Lipinski definition) is 10. The third kappa shape index (κ3) is 30.3. The Morgan fingerprint density at radius 1 is 0.416 bits per heavy atom. The molecule has 0 spiro atoms. The Hall–Kier alpha value is -14.5. The van der Waals surface area contributed by atoms with Gasteiger partial charge in [0.25, 0.3) is 29.5 Å². The molecule has 12 N–H and O–H groups in total. The maximum atomic E-state index is 13.1. The van der Waals surface area contributed by atoms with Crippen molar-refractivity contribution in [3.63, 3.8) is 0 Å². The Labute approximate surface area is 813 Å². The number of pyridine rings is 4. The van der Waals surface area contributed by atoms with Gasteiger partial charge in [-0.05, 0) is 258 Å². The zero-order chi connectivity index (χ0) is 96.8. The fourth-order valence-corrected chi connectivity index (χ4v) is 17.2. The highest BCUT2D eigenvalue weighted by Crippen LogP contribution is 2.35. The highest BCUT2D eigenvalue weighted by molar-refractivity contribution is 7.90. The normalized spacial score (nSPS) is 13.1. The lowest BCUT2D eigenvalue weighted by molar-refractivity contribution is -0.117. The summed E-state index contributed by atoms with van der Waals surface area (Å²) in [5.41, 5.74) is 26.2. The highest BCUT2D eigenvalue weighted by Gasteiger charge is 2.24. The Kier molecular flexibility index (Phi) is 35.5. The van der Waals surface area contributed by atoms with E-state index in [-0.39, 0.29) is 52.6 Å². The second kappa shape index (κ2) is 48.6. The van der Waals surface area contributed by atoms with Crippen molar-refractivity contribution in [1.82, 2.24) is 40.1 Å². The van der Waals surface area contributed by atoms with Gasteiger partial charge in [0.1, 0.15) is 11.7 Å². The lowest BCUT2D eigenvalue weighted by Gasteiger charge is -2.17. The zero-order valence-corrected chi connectivity index (χ0v) is 79.3. The average molecular weight is 1950 g/mol. The molecule has 0 bridgehead atoms. The number of anilines is 6. The molecule has 28 nitrogen and oxygen atoms in total. The largest absolute Gasteiger partial charge is 0.384 e. The van der Waals surface area contributed by atoms with Crippen molar-refractivity contribution in [3.05, 3.63) is 374 Å². The second-order valence-corrected chi connectivity index (χ2v) is 38.1. The quantitative estimate of drug-likeness (QED) is 0.0114. The Bertz CT molecular complexity index is 6880. The summed E-state index contributed by atoms with van der Waals surface area (Å²) in [4.78, 5) is 112. The van der Waals surface area contributed by atoms with Crippen molar-refractivity contribution >= 4 is 147 Å². The van der Waals surface area contributed by atoms with Gasteiger partial charge in [0.2, 0.25) is 5.91 Å². The van der Waals surface area contributed by atoms with Crippen LogP contribution in [0.25, 0.3) is 45.0 Å². The van der Waals surface area contributed by atoms with E-state index < -0.39 is 37.4 Å².